The molecule has 170 valence electrons. The van der Waals surface area contributed by atoms with E-state index in [4.69, 9.17) is 23.7 Å². The quantitative estimate of drug-likeness (QED) is 0.436. The summed E-state index contributed by atoms with van der Waals surface area (Å²) in [5.74, 6) is -1.97. The number of hydrogen-bond acceptors (Lipinski definition) is 9. The zero-order valence-electron chi connectivity index (χ0n) is 17.5. The summed E-state index contributed by atoms with van der Waals surface area (Å²) in [5.41, 5.74) is 0. The number of nitrogens with one attached hydrogen (secondary N) is 1. The lowest BCUT2D eigenvalue weighted by Gasteiger charge is -2.44. The Morgan fingerprint density at radius 3 is 2.03 bits per heavy atom. The van der Waals surface area contributed by atoms with Gasteiger partial charge in [0.2, 0.25) is 12.2 Å². The van der Waals surface area contributed by atoms with E-state index in [1.165, 1.54) is 27.7 Å². The van der Waals surface area contributed by atoms with Gasteiger partial charge in [-0.25, -0.2) is 0 Å². The molecule has 11 heteroatoms. The van der Waals surface area contributed by atoms with Crippen LogP contribution in [0.4, 0.5) is 0 Å². The molecule has 0 bridgehead atoms. The number of esters is 3. The fourth-order valence-electron chi connectivity index (χ4n) is 3.04. The highest BCUT2D eigenvalue weighted by atomic mass is 79.9. The van der Waals surface area contributed by atoms with Crippen molar-refractivity contribution in [2.24, 2.45) is 0 Å². The van der Waals surface area contributed by atoms with E-state index in [9.17, 15) is 19.2 Å². The molecule has 1 aliphatic heterocycles. The molecule has 10 nitrogen and oxygen atoms in total. The molecule has 2 rings (SSSR count). The van der Waals surface area contributed by atoms with Crippen molar-refractivity contribution in [2.75, 3.05) is 6.61 Å². The second-order valence-corrected chi connectivity index (χ2v) is 7.71. The Hall–Kier alpha value is -2.66. The van der Waals surface area contributed by atoms with Gasteiger partial charge in [-0.1, -0.05) is 15.9 Å². The summed E-state index contributed by atoms with van der Waals surface area (Å²) < 4.78 is 28.4. The summed E-state index contributed by atoms with van der Waals surface area (Å²) >= 11 is 3.33. The van der Waals surface area contributed by atoms with Crippen LogP contribution in [0.2, 0.25) is 0 Å². The van der Waals surface area contributed by atoms with Crippen molar-refractivity contribution in [1.29, 1.82) is 0 Å². The van der Waals surface area contributed by atoms with Gasteiger partial charge in [0.05, 0.1) is 0 Å². The van der Waals surface area contributed by atoms with Gasteiger partial charge in [0.15, 0.2) is 12.2 Å². The Bertz CT molecular complexity index is 813. The molecule has 1 saturated heterocycles. The molecule has 1 N–H and O–H groups in total. The Kier molecular flexibility index (Phi) is 8.81. The summed E-state index contributed by atoms with van der Waals surface area (Å²) in [6, 6.07) is 5.79. The number of halogens is 1. The van der Waals surface area contributed by atoms with E-state index in [1.807, 2.05) is 0 Å². The standard InChI is InChI=1S/C20H24BrNO9/c1-10(23)22-17-19(29-13(4)26)18(28-12(3)25)16(9-27-11(2)24)31-20(17)30-15-7-5-14(21)6-8-15/h5-8,16-20H,9H2,1-4H3,(H,22,23)/t16-,17-,18+,19+,20-/m0/s1. The summed E-state index contributed by atoms with van der Waals surface area (Å²) in [4.78, 5) is 46.7. The fraction of sp³-hybridized carbons (Fsp3) is 0.500. The Labute approximate surface area is 187 Å². The molecule has 1 amide bonds. The zero-order chi connectivity index (χ0) is 23.1. The van der Waals surface area contributed by atoms with Crippen molar-refractivity contribution >= 4 is 39.7 Å². The molecular formula is C20H24BrNO9. The number of benzene rings is 1. The summed E-state index contributed by atoms with van der Waals surface area (Å²) in [7, 11) is 0. The topological polar surface area (TPSA) is 126 Å². The molecule has 0 saturated carbocycles. The third kappa shape index (κ3) is 7.51. The molecule has 31 heavy (non-hydrogen) atoms. The monoisotopic (exact) mass is 501 g/mol. The lowest BCUT2D eigenvalue weighted by Crippen LogP contribution is -2.67. The highest BCUT2D eigenvalue weighted by Gasteiger charge is 2.51. The molecule has 1 aromatic carbocycles. The minimum atomic E-state index is -1.17. The van der Waals surface area contributed by atoms with Crippen molar-refractivity contribution < 1.29 is 42.9 Å². The second kappa shape index (κ2) is 11.1. The molecule has 0 radical (unpaired) electrons. The molecule has 0 aromatic heterocycles. The van der Waals surface area contributed by atoms with Gasteiger partial charge in [-0.05, 0) is 24.3 Å². The van der Waals surface area contributed by atoms with Crippen molar-refractivity contribution in [3.05, 3.63) is 28.7 Å². The van der Waals surface area contributed by atoms with E-state index in [0.29, 0.717) is 5.75 Å². The van der Waals surface area contributed by atoms with Crippen LogP contribution in [0.15, 0.2) is 28.7 Å². The summed E-state index contributed by atoms with van der Waals surface area (Å²) in [5, 5.41) is 2.63. The molecule has 1 aromatic rings. The first-order valence-corrected chi connectivity index (χ1v) is 10.2. The van der Waals surface area contributed by atoms with Crippen molar-refractivity contribution in [1.82, 2.24) is 5.32 Å². The predicted octanol–water partition coefficient (Wildman–Crippen LogP) is 1.48. The molecule has 0 spiro atoms. The second-order valence-electron chi connectivity index (χ2n) is 6.79. The third-order valence-corrected chi connectivity index (χ3v) is 4.67. The van der Waals surface area contributed by atoms with Gasteiger partial charge in [-0.2, -0.15) is 0 Å². The average molecular weight is 502 g/mol. The van der Waals surface area contributed by atoms with E-state index in [0.717, 1.165) is 4.47 Å². The van der Waals surface area contributed by atoms with Gasteiger partial charge >= 0.3 is 17.9 Å². The van der Waals surface area contributed by atoms with Gasteiger partial charge < -0.3 is 29.0 Å². The van der Waals surface area contributed by atoms with Crippen LogP contribution in [0.5, 0.6) is 5.75 Å². The lowest BCUT2D eigenvalue weighted by molar-refractivity contribution is -0.257. The van der Waals surface area contributed by atoms with Crippen LogP contribution < -0.4 is 10.1 Å². The van der Waals surface area contributed by atoms with Gasteiger partial charge in [0.25, 0.3) is 0 Å². The maximum Gasteiger partial charge on any atom is 0.303 e. The summed E-state index contributed by atoms with van der Waals surface area (Å²) in [6.07, 6.45) is -4.51. The van der Waals surface area contributed by atoms with Crippen LogP contribution >= 0.6 is 15.9 Å². The van der Waals surface area contributed by atoms with Gasteiger partial charge in [0, 0.05) is 32.2 Å². The predicted molar refractivity (Wildman–Crippen MR) is 109 cm³/mol. The van der Waals surface area contributed by atoms with Gasteiger partial charge in [-0.15, -0.1) is 0 Å². The molecular weight excluding hydrogens is 478 g/mol. The normalized spacial score (nSPS) is 25.1. The van der Waals surface area contributed by atoms with E-state index >= 15 is 0 Å². The lowest BCUT2D eigenvalue weighted by atomic mass is 9.96. The minimum absolute atomic E-state index is 0.294. The van der Waals surface area contributed by atoms with Gasteiger partial charge in [0.1, 0.15) is 24.5 Å². The SMILES string of the molecule is CC(=O)N[C@@H]1[C@@H](Oc2ccc(Br)cc2)O[C@@H](COC(C)=O)[C@@H](OC(C)=O)[C@@H]1OC(C)=O. The van der Waals surface area contributed by atoms with Crippen LogP contribution in [0.3, 0.4) is 0 Å². The molecule has 1 heterocycles. The Morgan fingerprint density at radius 2 is 1.52 bits per heavy atom. The van der Waals surface area contributed by atoms with Crippen LogP contribution in [0.25, 0.3) is 0 Å². The maximum absolute atomic E-state index is 11.9. The van der Waals surface area contributed by atoms with Crippen LogP contribution in [-0.2, 0) is 38.1 Å². The van der Waals surface area contributed by atoms with E-state index in [-0.39, 0.29) is 6.61 Å². The van der Waals surface area contributed by atoms with E-state index < -0.39 is 54.5 Å². The first kappa shape index (κ1) is 24.6. The third-order valence-electron chi connectivity index (χ3n) is 4.14. The van der Waals surface area contributed by atoms with E-state index in [2.05, 4.69) is 21.2 Å². The first-order chi connectivity index (χ1) is 14.6. The molecule has 0 aliphatic carbocycles. The Morgan fingerprint density at radius 1 is 0.935 bits per heavy atom. The highest BCUT2D eigenvalue weighted by molar-refractivity contribution is 9.10. The number of hydrogen-bond donors (Lipinski definition) is 1. The van der Waals surface area contributed by atoms with Crippen molar-refractivity contribution in [3.63, 3.8) is 0 Å². The fourth-order valence-corrected chi connectivity index (χ4v) is 3.30. The first-order valence-electron chi connectivity index (χ1n) is 9.39. The highest BCUT2D eigenvalue weighted by Crippen LogP contribution is 2.29. The Balaban J connectivity index is 2.43. The largest absolute Gasteiger partial charge is 0.463 e. The van der Waals surface area contributed by atoms with Gasteiger partial charge in [-0.3, -0.25) is 19.2 Å². The number of ether oxygens (including phenoxy) is 5. The minimum Gasteiger partial charge on any atom is -0.463 e. The number of amides is 1. The molecule has 1 aliphatic rings. The van der Waals surface area contributed by atoms with Crippen molar-refractivity contribution in [2.45, 2.75) is 58.3 Å². The van der Waals surface area contributed by atoms with E-state index in [1.54, 1.807) is 24.3 Å². The zero-order valence-corrected chi connectivity index (χ0v) is 19.0. The average Bonchev–Trinajstić information content (AvgIpc) is 2.65. The number of carbonyl (C=O) groups is 4. The molecule has 1 fully saturated rings. The molecule has 0 unspecified atom stereocenters. The molecule has 5 atom stereocenters. The van der Waals surface area contributed by atoms with Crippen LogP contribution in [0, 0.1) is 0 Å². The summed E-state index contributed by atoms with van der Waals surface area (Å²) in [6.45, 7) is 4.54. The smallest absolute Gasteiger partial charge is 0.303 e. The van der Waals surface area contributed by atoms with Crippen LogP contribution in [0.1, 0.15) is 27.7 Å². The number of carbonyl (C=O) groups excluding carboxylic acids is 4. The maximum atomic E-state index is 11.9. The van der Waals surface area contributed by atoms with Crippen LogP contribution in [-0.4, -0.2) is 61.1 Å². The number of rotatable bonds is 7. The van der Waals surface area contributed by atoms with Crippen molar-refractivity contribution in [3.8, 4) is 5.75 Å².